The summed E-state index contributed by atoms with van der Waals surface area (Å²) in [5.41, 5.74) is 0. The third-order valence-corrected chi connectivity index (χ3v) is 2.54. The van der Waals surface area contributed by atoms with Crippen LogP contribution >= 0.6 is 11.6 Å². The van der Waals surface area contributed by atoms with Gasteiger partial charge in [-0.05, 0) is 6.42 Å². The van der Waals surface area contributed by atoms with Crippen LogP contribution in [0, 0.1) is 5.92 Å². The molecule has 0 radical (unpaired) electrons. The van der Waals surface area contributed by atoms with E-state index in [4.69, 9.17) is 16.3 Å². The van der Waals surface area contributed by atoms with E-state index in [1.165, 1.54) is 0 Å². The van der Waals surface area contributed by atoms with Gasteiger partial charge in [0, 0.05) is 38.4 Å². The fourth-order valence-electron chi connectivity index (χ4n) is 1.67. The quantitative estimate of drug-likeness (QED) is 0.644. The molecule has 0 spiro atoms. The fraction of sp³-hybridized carbons (Fsp3) is 0.889. The number of nitrogens with zero attached hydrogens (tertiary/aromatic N) is 1. The van der Waals surface area contributed by atoms with Crippen molar-refractivity contribution in [2.45, 2.75) is 12.8 Å². The van der Waals surface area contributed by atoms with E-state index in [9.17, 15) is 4.79 Å². The molecule has 1 atom stereocenters. The van der Waals surface area contributed by atoms with Gasteiger partial charge in [0.25, 0.3) is 0 Å². The van der Waals surface area contributed by atoms with Crippen LogP contribution in [-0.4, -0.2) is 43.5 Å². The van der Waals surface area contributed by atoms with E-state index in [1.807, 2.05) is 4.90 Å². The summed E-state index contributed by atoms with van der Waals surface area (Å²) in [6.45, 7) is 2.46. The average molecular weight is 206 g/mol. The molecule has 0 aromatic heterocycles. The SMILES string of the molecule is COC[C@H]1CCN(C(=O)CCCl)C1. The smallest absolute Gasteiger partial charge is 0.223 e. The molecule has 0 N–H and O–H groups in total. The zero-order valence-electron chi connectivity index (χ0n) is 7.96. The molecule has 76 valence electrons. The van der Waals surface area contributed by atoms with Gasteiger partial charge < -0.3 is 9.64 Å². The Balaban J connectivity index is 2.27. The number of ether oxygens (including phenoxy) is 1. The maximum Gasteiger partial charge on any atom is 0.223 e. The molecule has 1 fully saturated rings. The van der Waals surface area contributed by atoms with Gasteiger partial charge in [0.15, 0.2) is 0 Å². The lowest BCUT2D eigenvalue weighted by molar-refractivity contribution is -0.129. The summed E-state index contributed by atoms with van der Waals surface area (Å²) in [5, 5.41) is 0. The second-order valence-corrected chi connectivity index (χ2v) is 3.77. The molecule has 3 nitrogen and oxygen atoms in total. The van der Waals surface area contributed by atoms with Crippen molar-refractivity contribution in [1.29, 1.82) is 0 Å². The van der Waals surface area contributed by atoms with Crippen LogP contribution in [-0.2, 0) is 9.53 Å². The van der Waals surface area contributed by atoms with Crippen molar-refractivity contribution in [1.82, 2.24) is 4.90 Å². The first-order valence-electron chi connectivity index (χ1n) is 4.60. The number of amides is 1. The normalized spacial score (nSPS) is 22.3. The van der Waals surface area contributed by atoms with Crippen molar-refractivity contribution in [2.24, 2.45) is 5.92 Å². The van der Waals surface area contributed by atoms with Gasteiger partial charge in [0.1, 0.15) is 0 Å². The molecule has 0 aliphatic carbocycles. The molecule has 4 heteroatoms. The summed E-state index contributed by atoms with van der Waals surface area (Å²) in [4.78, 5) is 13.3. The highest BCUT2D eigenvalue weighted by Crippen LogP contribution is 2.17. The summed E-state index contributed by atoms with van der Waals surface area (Å²) in [5.74, 6) is 1.11. The lowest BCUT2D eigenvalue weighted by Crippen LogP contribution is -2.29. The minimum atomic E-state index is 0.175. The number of halogens is 1. The molecule has 1 heterocycles. The minimum absolute atomic E-state index is 0.175. The Bertz CT molecular complexity index is 175. The van der Waals surface area contributed by atoms with Crippen LogP contribution in [0.5, 0.6) is 0 Å². The largest absolute Gasteiger partial charge is 0.384 e. The van der Waals surface area contributed by atoms with Gasteiger partial charge in [0.2, 0.25) is 5.91 Å². The number of carbonyl (C=O) groups is 1. The van der Waals surface area contributed by atoms with Crippen molar-refractivity contribution >= 4 is 17.5 Å². The first-order valence-corrected chi connectivity index (χ1v) is 5.14. The van der Waals surface area contributed by atoms with Gasteiger partial charge in [-0.3, -0.25) is 4.79 Å². The lowest BCUT2D eigenvalue weighted by atomic mass is 10.1. The predicted molar refractivity (Wildman–Crippen MR) is 51.9 cm³/mol. The summed E-state index contributed by atoms with van der Waals surface area (Å²) in [6, 6.07) is 0. The van der Waals surface area contributed by atoms with Crippen LogP contribution < -0.4 is 0 Å². The molecule has 0 aromatic rings. The van der Waals surface area contributed by atoms with Gasteiger partial charge in [-0.15, -0.1) is 11.6 Å². The summed E-state index contributed by atoms with van der Waals surface area (Å²) in [7, 11) is 1.70. The third kappa shape index (κ3) is 3.16. The number of carbonyl (C=O) groups excluding carboxylic acids is 1. The Morgan fingerprint density at radius 1 is 1.69 bits per heavy atom. The van der Waals surface area contributed by atoms with Gasteiger partial charge in [-0.25, -0.2) is 0 Å². The number of methoxy groups -OCH3 is 1. The monoisotopic (exact) mass is 205 g/mol. The standard InChI is InChI=1S/C9H16ClNO2/c1-13-7-8-3-5-11(6-8)9(12)2-4-10/h8H,2-7H2,1H3/t8-/m0/s1. The second kappa shape index (κ2) is 5.45. The Kier molecular flexibility index (Phi) is 4.53. The summed E-state index contributed by atoms with van der Waals surface area (Å²) < 4.78 is 5.05. The van der Waals surface area contributed by atoms with Crippen molar-refractivity contribution < 1.29 is 9.53 Å². The van der Waals surface area contributed by atoms with Crippen LogP contribution in [0.1, 0.15) is 12.8 Å². The molecule has 13 heavy (non-hydrogen) atoms. The van der Waals surface area contributed by atoms with Crippen LogP contribution in [0.25, 0.3) is 0 Å². The van der Waals surface area contributed by atoms with Crippen LogP contribution in [0.2, 0.25) is 0 Å². The van der Waals surface area contributed by atoms with Crippen LogP contribution in [0.15, 0.2) is 0 Å². The van der Waals surface area contributed by atoms with Crippen molar-refractivity contribution in [3.8, 4) is 0 Å². The van der Waals surface area contributed by atoms with E-state index in [0.717, 1.165) is 26.1 Å². The van der Waals surface area contributed by atoms with Crippen molar-refractivity contribution in [3.05, 3.63) is 0 Å². The zero-order valence-corrected chi connectivity index (χ0v) is 8.72. The minimum Gasteiger partial charge on any atom is -0.384 e. The Labute approximate surface area is 84.0 Å². The highest BCUT2D eigenvalue weighted by molar-refractivity contribution is 6.18. The number of alkyl halides is 1. The molecule has 0 saturated carbocycles. The maximum absolute atomic E-state index is 11.4. The van der Waals surface area contributed by atoms with Gasteiger partial charge in [-0.2, -0.15) is 0 Å². The Hall–Kier alpha value is -0.280. The molecule has 1 aliphatic rings. The van der Waals surface area contributed by atoms with Crippen molar-refractivity contribution in [2.75, 3.05) is 32.7 Å². The number of rotatable bonds is 4. The molecule has 1 rings (SSSR count). The number of hydrogen-bond donors (Lipinski definition) is 0. The molecule has 1 saturated heterocycles. The first-order chi connectivity index (χ1) is 6.27. The molecule has 1 amide bonds. The van der Waals surface area contributed by atoms with Gasteiger partial charge in [0.05, 0.1) is 6.61 Å². The molecular weight excluding hydrogens is 190 g/mol. The third-order valence-electron chi connectivity index (χ3n) is 2.35. The average Bonchev–Trinajstić information content (AvgIpc) is 2.54. The van der Waals surface area contributed by atoms with E-state index in [-0.39, 0.29) is 5.91 Å². The number of hydrogen-bond acceptors (Lipinski definition) is 2. The Morgan fingerprint density at radius 3 is 3.08 bits per heavy atom. The van der Waals surface area contributed by atoms with Crippen LogP contribution in [0.4, 0.5) is 0 Å². The second-order valence-electron chi connectivity index (χ2n) is 3.39. The zero-order chi connectivity index (χ0) is 9.68. The molecule has 0 unspecified atom stereocenters. The van der Waals surface area contributed by atoms with E-state index >= 15 is 0 Å². The molecule has 1 aliphatic heterocycles. The summed E-state index contributed by atoms with van der Waals surface area (Å²) in [6.07, 6.45) is 1.52. The number of likely N-dealkylation sites (tertiary alicyclic amines) is 1. The highest BCUT2D eigenvalue weighted by Gasteiger charge is 2.25. The van der Waals surface area contributed by atoms with E-state index in [0.29, 0.717) is 18.2 Å². The van der Waals surface area contributed by atoms with Crippen LogP contribution in [0.3, 0.4) is 0 Å². The van der Waals surface area contributed by atoms with E-state index in [1.54, 1.807) is 7.11 Å². The first kappa shape index (κ1) is 10.8. The van der Waals surface area contributed by atoms with E-state index in [2.05, 4.69) is 0 Å². The van der Waals surface area contributed by atoms with Crippen molar-refractivity contribution in [3.63, 3.8) is 0 Å². The predicted octanol–water partition coefficient (Wildman–Crippen LogP) is 1.11. The highest BCUT2D eigenvalue weighted by atomic mass is 35.5. The van der Waals surface area contributed by atoms with E-state index < -0.39 is 0 Å². The topological polar surface area (TPSA) is 29.5 Å². The summed E-state index contributed by atoms with van der Waals surface area (Å²) >= 11 is 5.50. The maximum atomic E-state index is 11.4. The van der Waals surface area contributed by atoms with Gasteiger partial charge in [-0.1, -0.05) is 0 Å². The Morgan fingerprint density at radius 2 is 2.46 bits per heavy atom. The molecule has 0 aromatic carbocycles. The fourth-order valence-corrected chi connectivity index (χ4v) is 1.83. The molecule has 0 bridgehead atoms. The molecular formula is C9H16ClNO2. The lowest BCUT2D eigenvalue weighted by Gasteiger charge is -2.15. The van der Waals surface area contributed by atoms with Gasteiger partial charge >= 0.3 is 0 Å².